The predicted octanol–water partition coefficient (Wildman–Crippen LogP) is 1.27. The molecule has 0 atom stereocenters. The lowest BCUT2D eigenvalue weighted by atomic mass is 10.1. The van der Waals surface area contributed by atoms with Gasteiger partial charge in [-0.1, -0.05) is 12.1 Å². The maximum atomic E-state index is 12.8. The topological polar surface area (TPSA) is 58.6 Å². The Kier molecular flexibility index (Phi) is 4.31. The lowest BCUT2D eigenvalue weighted by Crippen LogP contribution is -2.40. The lowest BCUT2D eigenvalue weighted by molar-refractivity contribution is 0.0730. The van der Waals surface area contributed by atoms with Gasteiger partial charge in [0.15, 0.2) is 0 Å². The van der Waals surface area contributed by atoms with Crippen LogP contribution < -0.4 is 5.32 Å². The molecule has 116 valence electrons. The molecular weight excluding hydrogens is 288 g/mol. The molecule has 6 heteroatoms. The molecule has 1 aromatic carbocycles. The van der Waals surface area contributed by atoms with Crippen molar-refractivity contribution in [3.8, 4) is 0 Å². The Balaban J connectivity index is 1.84. The van der Waals surface area contributed by atoms with Gasteiger partial charge in [-0.3, -0.25) is 0 Å². The fourth-order valence-corrected chi connectivity index (χ4v) is 4.28. The first-order valence-corrected chi connectivity index (χ1v) is 8.93. The monoisotopic (exact) mass is 310 g/mol. The first kappa shape index (κ1) is 15.0. The first-order chi connectivity index (χ1) is 10.1. The van der Waals surface area contributed by atoms with Crippen molar-refractivity contribution in [2.24, 2.45) is 0 Å². The van der Waals surface area contributed by atoms with Gasteiger partial charge < -0.3 is 10.1 Å². The number of rotatable bonds is 5. The minimum absolute atomic E-state index is 0.430. The van der Waals surface area contributed by atoms with Crippen LogP contribution in [0.15, 0.2) is 23.1 Å². The third kappa shape index (κ3) is 3.29. The van der Waals surface area contributed by atoms with Crippen molar-refractivity contribution in [3.63, 3.8) is 0 Å². The van der Waals surface area contributed by atoms with E-state index in [-0.39, 0.29) is 0 Å². The van der Waals surface area contributed by atoms with Crippen LogP contribution in [0, 0.1) is 6.92 Å². The van der Waals surface area contributed by atoms with Crippen LogP contribution in [-0.4, -0.2) is 45.1 Å². The molecule has 1 aliphatic heterocycles. The zero-order chi connectivity index (χ0) is 14.9. The molecular formula is C15H22N2O3S. The van der Waals surface area contributed by atoms with Gasteiger partial charge in [-0.25, -0.2) is 8.42 Å². The number of morpholine rings is 1. The molecule has 2 fully saturated rings. The van der Waals surface area contributed by atoms with E-state index in [0.717, 1.165) is 17.7 Å². The normalized spacial score (nSPS) is 20.6. The van der Waals surface area contributed by atoms with Gasteiger partial charge in [0.2, 0.25) is 10.0 Å². The van der Waals surface area contributed by atoms with E-state index in [1.165, 1.54) is 17.1 Å². The molecule has 2 aliphatic rings. The van der Waals surface area contributed by atoms with Gasteiger partial charge in [0, 0.05) is 25.7 Å². The predicted molar refractivity (Wildman–Crippen MR) is 80.6 cm³/mol. The van der Waals surface area contributed by atoms with Gasteiger partial charge in [-0.05, 0) is 37.0 Å². The number of nitrogens with one attached hydrogen (secondary N) is 1. The van der Waals surface area contributed by atoms with Crippen molar-refractivity contribution in [3.05, 3.63) is 29.3 Å². The highest BCUT2D eigenvalue weighted by molar-refractivity contribution is 7.89. The summed E-state index contributed by atoms with van der Waals surface area (Å²) >= 11 is 0. The van der Waals surface area contributed by atoms with Gasteiger partial charge in [0.25, 0.3) is 0 Å². The van der Waals surface area contributed by atoms with Crippen LogP contribution in [0.3, 0.4) is 0 Å². The molecule has 0 radical (unpaired) electrons. The molecule has 1 saturated heterocycles. The quantitative estimate of drug-likeness (QED) is 0.890. The van der Waals surface area contributed by atoms with Crippen LogP contribution in [0.2, 0.25) is 0 Å². The largest absolute Gasteiger partial charge is 0.379 e. The van der Waals surface area contributed by atoms with Gasteiger partial charge in [-0.15, -0.1) is 0 Å². The second kappa shape index (κ2) is 6.04. The standard InChI is InChI=1S/C15H22N2O3S/c1-12-13(11-16-14-5-6-14)3-2-4-15(12)21(18,19)17-7-9-20-10-8-17/h2-4,14,16H,5-11H2,1H3. The van der Waals surface area contributed by atoms with Crippen LogP contribution >= 0.6 is 0 Å². The number of nitrogens with zero attached hydrogens (tertiary/aromatic N) is 1. The van der Waals surface area contributed by atoms with Crippen molar-refractivity contribution in [1.29, 1.82) is 0 Å². The van der Waals surface area contributed by atoms with E-state index >= 15 is 0 Å². The number of sulfonamides is 1. The number of benzene rings is 1. The van der Waals surface area contributed by atoms with E-state index in [0.29, 0.717) is 37.2 Å². The summed E-state index contributed by atoms with van der Waals surface area (Å²) in [4.78, 5) is 0.430. The molecule has 3 rings (SSSR count). The molecule has 1 saturated carbocycles. The molecule has 5 nitrogen and oxygen atoms in total. The summed E-state index contributed by atoms with van der Waals surface area (Å²) in [5.74, 6) is 0. The molecule has 0 bridgehead atoms. The summed E-state index contributed by atoms with van der Waals surface area (Å²) in [7, 11) is -3.41. The summed E-state index contributed by atoms with van der Waals surface area (Å²) in [6.45, 7) is 4.46. The molecule has 0 amide bonds. The third-order valence-corrected chi connectivity index (χ3v) is 6.19. The molecule has 0 spiro atoms. The average molecular weight is 310 g/mol. The number of hydrogen-bond donors (Lipinski definition) is 1. The van der Waals surface area contributed by atoms with E-state index in [2.05, 4.69) is 5.32 Å². The molecule has 0 aromatic heterocycles. The van der Waals surface area contributed by atoms with Crippen LogP contribution in [0.5, 0.6) is 0 Å². The SMILES string of the molecule is Cc1c(CNC2CC2)cccc1S(=O)(=O)N1CCOCC1. The van der Waals surface area contributed by atoms with Crippen LogP contribution in [-0.2, 0) is 21.3 Å². The number of ether oxygens (including phenoxy) is 1. The highest BCUT2D eigenvalue weighted by atomic mass is 32.2. The van der Waals surface area contributed by atoms with E-state index in [1.807, 2.05) is 19.1 Å². The number of hydrogen-bond acceptors (Lipinski definition) is 4. The van der Waals surface area contributed by atoms with Gasteiger partial charge >= 0.3 is 0 Å². The first-order valence-electron chi connectivity index (χ1n) is 7.49. The third-order valence-electron chi connectivity index (χ3n) is 4.14. The minimum atomic E-state index is -3.41. The highest BCUT2D eigenvalue weighted by Gasteiger charge is 2.28. The Morgan fingerprint density at radius 3 is 2.67 bits per heavy atom. The van der Waals surface area contributed by atoms with Crippen molar-refractivity contribution >= 4 is 10.0 Å². The summed E-state index contributed by atoms with van der Waals surface area (Å²) < 4.78 is 32.3. The summed E-state index contributed by atoms with van der Waals surface area (Å²) in [6.07, 6.45) is 2.45. The Hall–Kier alpha value is -0.950. The van der Waals surface area contributed by atoms with E-state index in [9.17, 15) is 8.42 Å². The Morgan fingerprint density at radius 1 is 1.29 bits per heavy atom. The van der Waals surface area contributed by atoms with Crippen LogP contribution in [0.4, 0.5) is 0 Å². The summed E-state index contributed by atoms with van der Waals surface area (Å²) in [5, 5.41) is 3.44. The van der Waals surface area contributed by atoms with E-state index in [4.69, 9.17) is 4.74 Å². The maximum Gasteiger partial charge on any atom is 0.243 e. The lowest BCUT2D eigenvalue weighted by Gasteiger charge is -2.27. The molecule has 1 aromatic rings. The molecule has 0 unspecified atom stereocenters. The van der Waals surface area contributed by atoms with Crippen LogP contribution in [0.25, 0.3) is 0 Å². The molecule has 21 heavy (non-hydrogen) atoms. The van der Waals surface area contributed by atoms with Crippen LogP contribution in [0.1, 0.15) is 24.0 Å². The van der Waals surface area contributed by atoms with Crippen molar-refractivity contribution < 1.29 is 13.2 Å². The fraction of sp³-hybridized carbons (Fsp3) is 0.600. The van der Waals surface area contributed by atoms with Gasteiger partial charge in [0.1, 0.15) is 0 Å². The zero-order valence-electron chi connectivity index (χ0n) is 12.3. The second-order valence-corrected chi connectivity index (χ2v) is 7.62. The fourth-order valence-electron chi connectivity index (χ4n) is 2.60. The minimum Gasteiger partial charge on any atom is -0.379 e. The average Bonchev–Trinajstić information content (AvgIpc) is 3.31. The molecule has 1 aliphatic carbocycles. The Bertz CT molecular complexity index is 605. The molecule has 1 N–H and O–H groups in total. The summed E-state index contributed by atoms with van der Waals surface area (Å²) in [6, 6.07) is 6.16. The highest BCUT2D eigenvalue weighted by Crippen LogP contribution is 2.25. The zero-order valence-corrected chi connectivity index (χ0v) is 13.2. The smallest absolute Gasteiger partial charge is 0.243 e. The van der Waals surface area contributed by atoms with Crippen molar-refractivity contribution in [2.75, 3.05) is 26.3 Å². The summed E-state index contributed by atoms with van der Waals surface area (Å²) in [5.41, 5.74) is 1.92. The molecule has 1 heterocycles. The van der Waals surface area contributed by atoms with Gasteiger partial charge in [0.05, 0.1) is 18.1 Å². The Labute approximate surface area is 126 Å². The maximum absolute atomic E-state index is 12.8. The van der Waals surface area contributed by atoms with Gasteiger partial charge in [-0.2, -0.15) is 4.31 Å². The van der Waals surface area contributed by atoms with E-state index in [1.54, 1.807) is 6.07 Å². The van der Waals surface area contributed by atoms with E-state index < -0.39 is 10.0 Å². The van der Waals surface area contributed by atoms with Crippen molar-refractivity contribution in [1.82, 2.24) is 9.62 Å². The van der Waals surface area contributed by atoms with Crippen molar-refractivity contribution in [2.45, 2.75) is 37.2 Å². The Morgan fingerprint density at radius 2 is 2.00 bits per heavy atom. The second-order valence-electron chi connectivity index (χ2n) is 5.71.